The topological polar surface area (TPSA) is 193 Å². The van der Waals surface area contributed by atoms with Crippen molar-refractivity contribution in [1.82, 2.24) is 45.4 Å². The maximum absolute atomic E-state index is 13.3. The summed E-state index contributed by atoms with van der Waals surface area (Å²) in [5, 5.41) is 22.8. The number of halogens is 1. The largest absolute Gasteiger partial charge is 0.467 e. The van der Waals surface area contributed by atoms with E-state index in [2.05, 4.69) is 56.8 Å². The van der Waals surface area contributed by atoms with Crippen LogP contribution in [0.2, 0.25) is 5.02 Å². The van der Waals surface area contributed by atoms with Gasteiger partial charge >= 0.3 is 12.0 Å². The minimum absolute atomic E-state index is 0.0520. The molecule has 5 rings (SSSR count). The maximum atomic E-state index is 13.3. The number of H-pyrrole nitrogens is 1. The molecule has 4 heterocycles. The fraction of sp³-hybridized carbons (Fsp3) is 0.370. The Hall–Kier alpha value is -4.94. The van der Waals surface area contributed by atoms with Crippen LogP contribution in [0.1, 0.15) is 31.2 Å². The third-order valence-corrected chi connectivity index (χ3v) is 7.21. The Morgan fingerprint density at radius 1 is 1.07 bits per heavy atom. The first-order chi connectivity index (χ1) is 21.0. The monoisotopic (exact) mass is 604 g/mol. The molecule has 2 amide bonds. The quantitative estimate of drug-likeness (QED) is 0.224. The van der Waals surface area contributed by atoms with E-state index in [9.17, 15) is 10.1 Å². The fourth-order valence-electron chi connectivity index (χ4n) is 4.77. The number of ether oxygens (including phenoxy) is 2. The van der Waals surface area contributed by atoms with Crippen molar-refractivity contribution in [2.75, 3.05) is 37.6 Å². The van der Waals surface area contributed by atoms with Gasteiger partial charge in [0.1, 0.15) is 17.5 Å². The molecule has 0 spiro atoms. The van der Waals surface area contributed by atoms with E-state index in [1.54, 1.807) is 36.8 Å². The number of anilines is 2. The van der Waals surface area contributed by atoms with E-state index in [1.165, 1.54) is 19.5 Å². The third-order valence-electron chi connectivity index (χ3n) is 6.93. The number of rotatable bonds is 10. The van der Waals surface area contributed by atoms with Gasteiger partial charge < -0.3 is 20.1 Å². The van der Waals surface area contributed by atoms with Crippen LogP contribution in [0, 0.1) is 11.3 Å². The zero-order chi connectivity index (χ0) is 30.2. The molecule has 1 aliphatic carbocycles. The van der Waals surface area contributed by atoms with Crippen LogP contribution in [0.3, 0.4) is 0 Å². The predicted molar refractivity (Wildman–Crippen MR) is 156 cm³/mol. The lowest BCUT2D eigenvalue weighted by Gasteiger charge is -2.36. The van der Waals surface area contributed by atoms with Crippen LogP contribution in [0.25, 0.3) is 22.6 Å². The van der Waals surface area contributed by atoms with Crippen molar-refractivity contribution < 1.29 is 14.3 Å². The summed E-state index contributed by atoms with van der Waals surface area (Å²) < 4.78 is 10.1. The number of urea groups is 1. The van der Waals surface area contributed by atoms with E-state index in [4.69, 9.17) is 21.1 Å². The molecule has 16 heteroatoms. The number of hydrogen-bond donors (Lipinski definition) is 3. The second-order valence-corrected chi connectivity index (χ2v) is 10.0. The first-order valence-electron chi connectivity index (χ1n) is 13.5. The second kappa shape index (κ2) is 13.8. The van der Waals surface area contributed by atoms with Crippen molar-refractivity contribution in [3.63, 3.8) is 0 Å². The molecule has 0 bridgehead atoms. The molecule has 1 aliphatic rings. The van der Waals surface area contributed by atoms with Crippen molar-refractivity contribution in [2.45, 2.75) is 37.8 Å². The van der Waals surface area contributed by atoms with Crippen LogP contribution in [-0.4, -0.2) is 85.6 Å². The van der Waals surface area contributed by atoms with Crippen LogP contribution in [0.15, 0.2) is 37.2 Å². The number of nitrogens with zero attached hydrogens (tertiary/aromatic N) is 9. The standard InChI is InChI=1S/C27H29ClN12O3/c1-42-8-7-30-27(41)40(22-15-31-21(14-32-22)17-11-34-26(43-2)35-12-17)19-5-3-18(4-6-19)37-25-33-10-16(9-29)23(38-25)24-20(28)13-36-39-24/h10-15,18-19H,3-8H2,1-2H3,(H,30,41)(H,36,39)(H,33,37,38). The first kappa shape index (κ1) is 29.5. The number of aromatic amines is 1. The van der Waals surface area contributed by atoms with Crippen LogP contribution in [-0.2, 0) is 4.74 Å². The molecule has 43 heavy (non-hydrogen) atoms. The van der Waals surface area contributed by atoms with Crippen molar-refractivity contribution in [2.24, 2.45) is 0 Å². The van der Waals surface area contributed by atoms with Crippen LogP contribution >= 0.6 is 11.6 Å². The van der Waals surface area contributed by atoms with Gasteiger partial charge in [0.25, 0.3) is 0 Å². The number of nitrogens with one attached hydrogen (secondary N) is 3. The number of hydrogen-bond acceptors (Lipinski definition) is 12. The van der Waals surface area contributed by atoms with Crippen LogP contribution in [0.5, 0.6) is 6.01 Å². The molecule has 4 aromatic rings. The molecule has 0 saturated heterocycles. The van der Waals surface area contributed by atoms with Crippen LogP contribution in [0.4, 0.5) is 16.6 Å². The van der Waals surface area contributed by atoms with E-state index < -0.39 is 0 Å². The van der Waals surface area contributed by atoms with Gasteiger partial charge in [0.05, 0.1) is 54.8 Å². The summed E-state index contributed by atoms with van der Waals surface area (Å²) in [4.78, 5) is 41.2. The summed E-state index contributed by atoms with van der Waals surface area (Å²) in [5.41, 5.74) is 2.34. The van der Waals surface area contributed by atoms with Gasteiger partial charge in [-0.25, -0.2) is 29.7 Å². The highest BCUT2D eigenvalue weighted by atomic mass is 35.5. The Morgan fingerprint density at radius 2 is 1.86 bits per heavy atom. The van der Waals surface area contributed by atoms with E-state index >= 15 is 0 Å². The Bertz CT molecular complexity index is 1570. The number of carbonyl (C=O) groups is 1. The molecular formula is C27H29ClN12O3. The van der Waals surface area contributed by atoms with E-state index in [-0.39, 0.29) is 29.7 Å². The molecule has 15 nitrogen and oxygen atoms in total. The van der Waals surface area contributed by atoms with Gasteiger partial charge in [-0.05, 0) is 25.7 Å². The average molecular weight is 605 g/mol. The van der Waals surface area contributed by atoms with E-state index in [0.29, 0.717) is 65.4 Å². The molecule has 0 aromatic carbocycles. The maximum Gasteiger partial charge on any atom is 0.323 e. The van der Waals surface area contributed by atoms with Crippen molar-refractivity contribution in [1.29, 1.82) is 5.26 Å². The number of amides is 2. The van der Waals surface area contributed by atoms with Gasteiger partial charge in [-0.2, -0.15) is 10.4 Å². The lowest BCUT2D eigenvalue weighted by atomic mass is 9.90. The summed E-state index contributed by atoms with van der Waals surface area (Å²) in [7, 11) is 3.07. The van der Waals surface area contributed by atoms with Crippen molar-refractivity contribution in [3.8, 4) is 34.7 Å². The average Bonchev–Trinajstić information content (AvgIpc) is 3.48. The molecule has 0 aliphatic heterocycles. The molecule has 1 fully saturated rings. The fourth-order valence-corrected chi connectivity index (χ4v) is 4.95. The van der Waals surface area contributed by atoms with Gasteiger partial charge in [-0.3, -0.25) is 15.0 Å². The minimum atomic E-state index is -0.278. The first-order valence-corrected chi connectivity index (χ1v) is 13.9. The summed E-state index contributed by atoms with van der Waals surface area (Å²) in [6, 6.07) is 2.00. The lowest BCUT2D eigenvalue weighted by Crippen LogP contribution is -2.49. The summed E-state index contributed by atoms with van der Waals surface area (Å²) in [5.74, 6) is 0.808. The molecular weight excluding hydrogens is 576 g/mol. The third kappa shape index (κ3) is 6.93. The number of carbonyl (C=O) groups excluding carboxylic acids is 1. The highest BCUT2D eigenvalue weighted by molar-refractivity contribution is 6.32. The molecule has 222 valence electrons. The summed E-state index contributed by atoms with van der Waals surface area (Å²) >= 11 is 6.21. The summed E-state index contributed by atoms with van der Waals surface area (Å²) in [6.07, 6.45) is 12.2. The lowest BCUT2D eigenvalue weighted by molar-refractivity contribution is 0.196. The Kier molecular flexibility index (Phi) is 9.49. The predicted octanol–water partition coefficient (Wildman–Crippen LogP) is 3.23. The zero-order valence-corrected chi connectivity index (χ0v) is 24.2. The van der Waals surface area contributed by atoms with Gasteiger partial charge in [-0.1, -0.05) is 11.6 Å². The second-order valence-electron chi connectivity index (χ2n) is 9.62. The van der Waals surface area contributed by atoms with E-state index in [0.717, 1.165) is 12.8 Å². The van der Waals surface area contributed by atoms with Crippen molar-refractivity contribution in [3.05, 3.63) is 47.8 Å². The Labute approximate surface area is 252 Å². The molecule has 1 saturated carbocycles. The SMILES string of the molecule is COCCNC(=O)N(c1cnc(-c2cnc(OC)nc2)cn1)C1CCC(Nc2ncc(C#N)c(-c3[nH]ncc3Cl)n2)CC1. The van der Waals surface area contributed by atoms with Gasteiger partial charge in [0.2, 0.25) is 5.95 Å². The normalized spacial score (nSPS) is 16.2. The highest BCUT2D eigenvalue weighted by Gasteiger charge is 2.31. The smallest absolute Gasteiger partial charge is 0.323 e. The zero-order valence-electron chi connectivity index (χ0n) is 23.5. The van der Waals surface area contributed by atoms with Gasteiger partial charge in [0.15, 0.2) is 5.82 Å². The molecule has 0 radical (unpaired) electrons. The van der Waals surface area contributed by atoms with Gasteiger partial charge in [-0.15, -0.1) is 0 Å². The minimum Gasteiger partial charge on any atom is -0.467 e. The van der Waals surface area contributed by atoms with Gasteiger partial charge in [0, 0.05) is 43.7 Å². The molecule has 0 atom stereocenters. The molecule has 0 unspecified atom stereocenters. The Balaban J connectivity index is 1.29. The number of aromatic nitrogens is 8. The van der Waals surface area contributed by atoms with Crippen LogP contribution < -0.4 is 20.3 Å². The molecule has 3 N–H and O–H groups in total. The van der Waals surface area contributed by atoms with E-state index in [1.807, 2.05) is 0 Å². The summed E-state index contributed by atoms with van der Waals surface area (Å²) in [6.45, 7) is 0.741. The van der Waals surface area contributed by atoms with Crippen molar-refractivity contribution >= 4 is 29.4 Å². The number of nitriles is 1. The highest BCUT2D eigenvalue weighted by Crippen LogP contribution is 2.30. The Morgan fingerprint density at radius 3 is 2.49 bits per heavy atom. The molecule has 4 aromatic heterocycles. The number of methoxy groups -OCH3 is 2.